The van der Waals surface area contributed by atoms with E-state index in [-0.39, 0.29) is 66.5 Å². The minimum atomic E-state index is -3.23. The highest BCUT2D eigenvalue weighted by molar-refractivity contribution is 6.13. The van der Waals surface area contributed by atoms with Crippen LogP contribution in [0.4, 0.5) is 5.69 Å². The number of anilines is 1. The summed E-state index contributed by atoms with van der Waals surface area (Å²) in [6.45, 7) is -1.01. The van der Waals surface area contributed by atoms with Gasteiger partial charge in [0.25, 0.3) is 5.91 Å². The predicted octanol–water partition coefficient (Wildman–Crippen LogP) is 1.87. The fraction of sp³-hybridized carbons (Fsp3) is 0.491. The second kappa shape index (κ2) is 20.4. The van der Waals surface area contributed by atoms with Crippen LogP contribution in [0, 0.1) is 29.6 Å². The molecule has 1 saturated heterocycles. The van der Waals surface area contributed by atoms with Crippen LogP contribution in [0.1, 0.15) is 90.8 Å². The molecule has 4 aliphatic carbocycles. The number of rotatable bonds is 14. The summed E-state index contributed by atoms with van der Waals surface area (Å²) in [5, 5.41) is 125. The summed E-state index contributed by atoms with van der Waals surface area (Å²) in [5.74, 6) is -10.8. The zero-order valence-corrected chi connectivity index (χ0v) is 41.6. The van der Waals surface area contributed by atoms with Gasteiger partial charge in [0, 0.05) is 72.0 Å². The number of ether oxygens (including phenoxy) is 2. The number of carbonyl (C=O) groups excluding carboxylic acids is 1. The topological polar surface area (TPSA) is 371 Å². The van der Waals surface area contributed by atoms with Crippen molar-refractivity contribution in [3.05, 3.63) is 112 Å². The molecule has 3 heterocycles. The Morgan fingerprint density at radius 3 is 2.45 bits per heavy atom. The Hall–Kier alpha value is -6.56. The highest BCUT2D eigenvalue weighted by Crippen LogP contribution is 2.71. The molecule has 10 rings (SSSR count). The third-order valence-corrected chi connectivity index (χ3v) is 17.5. The Morgan fingerprint density at radius 1 is 0.934 bits per heavy atom. The number of aliphatic imine (C=N–C) groups is 1. The number of phenols is 3. The normalized spacial score (nSPS) is 33.7. The van der Waals surface area contributed by atoms with Crippen molar-refractivity contribution in [2.45, 2.75) is 118 Å². The van der Waals surface area contributed by atoms with Crippen molar-refractivity contribution in [1.29, 1.82) is 0 Å². The number of allylic oxidation sites excluding steroid dienone is 1. The molecule has 76 heavy (non-hydrogen) atoms. The van der Waals surface area contributed by atoms with Crippen LogP contribution in [-0.4, -0.2) is 146 Å². The van der Waals surface area contributed by atoms with E-state index in [0.29, 0.717) is 72.9 Å². The van der Waals surface area contributed by atoms with Gasteiger partial charge >= 0.3 is 11.9 Å². The third kappa shape index (κ3) is 8.66. The molecule has 14 atom stereocenters. The smallest absolute Gasteiger partial charge is 0.355 e. The maximum absolute atomic E-state index is 15.6. The number of nitrogens with zero attached hydrogens (tertiary/aromatic N) is 3. The lowest BCUT2D eigenvalue weighted by Gasteiger charge is -2.59. The van der Waals surface area contributed by atoms with E-state index in [9.17, 15) is 56.2 Å². The number of aromatic nitrogens is 2. The van der Waals surface area contributed by atoms with Crippen LogP contribution in [0.15, 0.2) is 83.8 Å². The van der Waals surface area contributed by atoms with Gasteiger partial charge in [-0.3, -0.25) is 14.7 Å². The second-order valence-corrected chi connectivity index (χ2v) is 21.5. The zero-order valence-electron chi connectivity index (χ0n) is 41.6. The lowest BCUT2D eigenvalue weighted by atomic mass is 9.44. The molecule has 0 unspecified atom stereocenters. The molecule has 1 aromatic heterocycles. The SMILES string of the molecule is NC(N)=NCC[C@@H]1CC[C@@H](C2=C[C@]3(C(=O)O)[C@@H](c4cc(O)c(O[C@]5(O)O[C@H](CO)[C@@H](O)[C@H](O)[C@H]5O)cc4N3C(=O)/C=C/c3ccc(O)c(Cc4cnc[nH]4)c3)[C@@H]2[C@@]23c4c(O)cccc4CC[C@H]2CCC[C@@H]3CO)C[C@H]1O. The number of guanidine groups is 1. The van der Waals surface area contributed by atoms with Gasteiger partial charge in [0.2, 0.25) is 0 Å². The standard InChI is InChI=1S/C55H66N6O15/c56-52(57)59-16-15-28-9-10-30(19-40(28)66)36-22-53(51(72)73)46(47(36)54-32(4-2-5-33(54)24-62)12-11-29-3-1-6-39(65)45(29)54)35-20-41(67)42(75-55(74)50(71)49(70)48(69)43(25-63)76-55)21-37(35)61(53)44(68)14-8-27-7-13-38(64)31(17-27)18-34-23-58-26-60-34/h1,3,6-8,13-14,17,20-23,26,28,30,32-33,40,43,46-50,62-67,69-71,74H,2,4-5,9-12,15-16,18-19,24-25H2,(H,58,60)(H,72,73)(H4,56,57,59)/b14-8+/t28-,30+,32+,33+,40+,43+,46-,47+,48+,49-,50+,53+,54-,55-/m0/s1. The minimum absolute atomic E-state index is 0.0212. The average molecular weight is 1050 g/mol. The van der Waals surface area contributed by atoms with Crippen molar-refractivity contribution < 1.29 is 75.2 Å². The van der Waals surface area contributed by atoms with E-state index in [0.717, 1.165) is 23.0 Å². The lowest BCUT2D eigenvalue weighted by molar-refractivity contribution is -0.422. The molecule has 3 fully saturated rings. The number of carboxylic acids is 1. The molecule has 16 N–H and O–H groups in total. The number of aryl methyl sites for hydroxylation is 1. The number of amides is 1. The quantitative estimate of drug-likeness (QED) is 0.0282. The second-order valence-electron chi connectivity index (χ2n) is 21.5. The van der Waals surface area contributed by atoms with Crippen LogP contribution < -0.4 is 21.1 Å². The van der Waals surface area contributed by atoms with E-state index < -0.39 is 101 Å². The fourth-order valence-electron chi connectivity index (χ4n) is 14.3. The number of nitrogens with two attached hydrogens (primary N) is 2. The first-order valence-electron chi connectivity index (χ1n) is 25.9. The van der Waals surface area contributed by atoms with Gasteiger partial charge in [-0.2, -0.15) is 0 Å². The fourth-order valence-corrected chi connectivity index (χ4v) is 14.3. The number of carbonyl (C=O) groups is 2. The largest absolute Gasteiger partial charge is 0.508 e. The third-order valence-electron chi connectivity index (χ3n) is 17.5. The maximum atomic E-state index is 15.6. The van der Waals surface area contributed by atoms with Crippen molar-refractivity contribution in [2.24, 2.45) is 46.0 Å². The number of aliphatic carboxylic acids is 1. The summed E-state index contributed by atoms with van der Waals surface area (Å²) in [6, 6.07) is 12.3. The van der Waals surface area contributed by atoms with Crippen molar-refractivity contribution in [3.8, 4) is 23.0 Å². The molecule has 0 bridgehead atoms. The molecule has 2 saturated carbocycles. The average Bonchev–Trinajstić information content (AvgIpc) is 4.21. The summed E-state index contributed by atoms with van der Waals surface area (Å²) >= 11 is 0. The first kappa shape index (κ1) is 52.9. The number of hydrogen-bond acceptors (Lipinski definition) is 16. The number of carboxylic acid groups (broad SMARTS) is 1. The highest BCUT2D eigenvalue weighted by Gasteiger charge is 2.72. The van der Waals surface area contributed by atoms with Gasteiger partial charge < -0.3 is 82.1 Å². The number of aromatic amines is 1. The van der Waals surface area contributed by atoms with Crippen LogP contribution in [0.2, 0.25) is 0 Å². The van der Waals surface area contributed by atoms with E-state index in [4.69, 9.17) is 20.9 Å². The number of aliphatic hydroxyl groups excluding tert-OH is 6. The Morgan fingerprint density at radius 2 is 1.74 bits per heavy atom. The summed E-state index contributed by atoms with van der Waals surface area (Å²) in [7, 11) is 0. The van der Waals surface area contributed by atoms with E-state index in [2.05, 4.69) is 15.0 Å². The molecule has 406 valence electrons. The Balaban J connectivity index is 1.19. The summed E-state index contributed by atoms with van der Waals surface area (Å²) in [5.41, 5.74) is 11.4. The number of H-pyrrole nitrogens is 1. The molecular weight excluding hydrogens is 985 g/mol. The number of benzene rings is 3. The van der Waals surface area contributed by atoms with Crippen LogP contribution in [0.5, 0.6) is 23.0 Å². The first-order valence-corrected chi connectivity index (χ1v) is 25.9. The molecule has 1 amide bonds. The summed E-state index contributed by atoms with van der Waals surface area (Å²) in [6.07, 6.45) is 3.35. The van der Waals surface area contributed by atoms with E-state index >= 15 is 9.59 Å². The number of fused-ring (bicyclic) bond motifs is 6. The van der Waals surface area contributed by atoms with Crippen molar-refractivity contribution >= 4 is 29.6 Å². The monoisotopic (exact) mass is 1050 g/mol. The molecule has 2 aliphatic heterocycles. The molecule has 3 aromatic carbocycles. The number of hydrogen-bond donors (Lipinski definition) is 14. The predicted molar refractivity (Wildman–Crippen MR) is 273 cm³/mol. The number of nitrogens with one attached hydrogen (secondary N) is 1. The van der Waals surface area contributed by atoms with Gasteiger partial charge in [-0.05, 0) is 128 Å². The van der Waals surface area contributed by atoms with E-state index in [1.807, 2.05) is 6.07 Å². The van der Waals surface area contributed by atoms with Crippen LogP contribution in [-0.2, 0) is 32.6 Å². The maximum Gasteiger partial charge on any atom is 0.355 e. The van der Waals surface area contributed by atoms with Crippen LogP contribution in [0.3, 0.4) is 0 Å². The first-order chi connectivity index (χ1) is 36.4. The molecule has 4 aromatic rings. The van der Waals surface area contributed by atoms with E-state index in [1.54, 1.807) is 36.5 Å². The lowest BCUT2D eigenvalue weighted by Crippen LogP contribution is -2.67. The Labute approximate surface area is 437 Å². The number of aromatic hydroxyl groups is 3. The van der Waals surface area contributed by atoms with Gasteiger partial charge in [-0.25, -0.2) is 9.78 Å². The molecule has 0 radical (unpaired) electrons. The van der Waals surface area contributed by atoms with Crippen LogP contribution >= 0.6 is 0 Å². The zero-order chi connectivity index (χ0) is 54.0. The molecule has 21 nitrogen and oxygen atoms in total. The number of phenolic OH excluding ortho intramolecular Hbond substituents is 3. The Bertz CT molecular complexity index is 2950. The van der Waals surface area contributed by atoms with Crippen LogP contribution in [0.25, 0.3) is 6.08 Å². The number of imidazole rings is 1. The Kier molecular flexibility index (Phi) is 14.2. The van der Waals surface area contributed by atoms with Gasteiger partial charge in [0.05, 0.1) is 24.7 Å². The summed E-state index contributed by atoms with van der Waals surface area (Å²) < 4.78 is 11.2. The van der Waals surface area contributed by atoms with Crippen molar-refractivity contribution in [2.75, 3.05) is 24.7 Å². The number of aliphatic hydroxyl groups is 7. The molecular formula is C55H66N6O15. The van der Waals surface area contributed by atoms with Gasteiger partial charge in [-0.1, -0.05) is 30.2 Å². The highest BCUT2D eigenvalue weighted by atomic mass is 16.8. The van der Waals surface area contributed by atoms with Gasteiger partial charge in [0.1, 0.15) is 29.8 Å². The van der Waals surface area contributed by atoms with Gasteiger partial charge in [0.15, 0.2) is 29.1 Å². The van der Waals surface area contributed by atoms with Gasteiger partial charge in [-0.15, -0.1) is 0 Å². The minimum Gasteiger partial charge on any atom is -0.508 e. The molecule has 21 heteroatoms. The van der Waals surface area contributed by atoms with Crippen molar-refractivity contribution in [1.82, 2.24) is 9.97 Å². The summed E-state index contributed by atoms with van der Waals surface area (Å²) in [4.78, 5) is 42.9. The molecule has 0 spiro atoms. The van der Waals surface area contributed by atoms with Crippen molar-refractivity contribution in [3.63, 3.8) is 0 Å². The molecule has 6 aliphatic rings. The van der Waals surface area contributed by atoms with E-state index in [1.165, 1.54) is 30.6 Å².